The largest absolute Gasteiger partial charge is 0.457 e. The molecule has 0 radical (unpaired) electrons. The average Bonchev–Trinajstić information content (AvgIpc) is 3.39. The Morgan fingerprint density at radius 3 is 2.57 bits per heavy atom. The number of nitrogens with zero attached hydrogens (tertiary/aromatic N) is 2. The van der Waals surface area contributed by atoms with Crippen LogP contribution in [0.1, 0.15) is 29.3 Å². The van der Waals surface area contributed by atoms with E-state index in [2.05, 4.69) is 22.3 Å². The van der Waals surface area contributed by atoms with Crippen molar-refractivity contribution in [1.82, 2.24) is 4.98 Å². The highest BCUT2D eigenvalue weighted by Gasteiger charge is 2.25. The van der Waals surface area contributed by atoms with Crippen LogP contribution in [0.5, 0.6) is 17.2 Å². The highest BCUT2D eigenvalue weighted by molar-refractivity contribution is 5.80. The molecule has 0 saturated heterocycles. The first-order valence-corrected chi connectivity index (χ1v) is 9.22. The maximum atomic E-state index is 5.86. The molecule has 3 aromatic rings. The Labute approximate surface area is 162 Å². The van der Waals surface area contributed by atoms with Crippen molar-refractivity contribution >= 4 is 12.0 Å². The lowest BCUT2D eigenvalue weighted by atomic mass is 10.1. The number of allylic oxidation sites excluding steroid dienone is 1. The van der Waals surface area contributed by atoms with Crippen molar-refractivity contribution in [2.45, 2.75) is 18.9 Å². The van der Waals surface area contributed by atoms with Gasteiger partial charge in [0, 0.05) is 6.42 Å². The third kappa shape index (κ3) is 3.47. The maximum absolute atomic E-state index is 5.86. The maximum Gasteiger partial charge on any atom is 0.235 e. The van der Waals surface area contributed by atoms with Gasteiger partial charge in [0.25, 0.3) is 0 Å². The topological polar surface area (TPSA) is 52.9 Å². The van der Waals surface area contributed by atoms with Gasteiger partial charge in [-0.15, -0.1) is 0 Å². The van der Waals surface area contributed by atoms with E-state index in [9.17, 15) is 0 Å². The van der Waals surface area contributed by atoms with Crippen LogP contribution in [-0.2, 0) is 11.3 Å². The molecule has 0 unspecified atom stereocenters. The molecule has 1 aliphatic heterocycles. The number of para-hydroxylation sites is 1. The van der Waals surface area contributed by atoms with Crippen LogP contribution in [0.2, 0.25) is 0 Å². The van der Waals surface area contributed by atoms with Gasteiger partial charge in [0.1, 0.15) is 17.2 Å². The van der Waals surface area contributed by atoms with Crippen molar-refractivity contribution in [2.75, 3.05) is 0 Å². The molecule has 5 heteroatoms. The van der Waals surface area contributed by atoms with E-state index >= 15 is 0 Å². The van der Waals surface area contributed by atoms with Crippen LogP contribution in [0.15, 0.2) is 78.1 Å². The zero-order valence-corrected chi connectivity index (χ0v) is 15.1. The lowest BCUT2D eigenvalue weighted by molar-refractivity contribution is 0.0855. The number of hydrogen-bond acceptors (Lipinski definition) is 5. The van der Waals surface area contributed by atoms with Gasteiger partial charge < -0.3 is 14.3 Å². The molecule has 0 spiro atoms. The molecule has 1 aliphatic carbocycles. The summed E-state index contributed by atoms with van der Waals surface area (Å²) in [6.45, 7) is 0. The minimum absolute atomic E-state index is 0.164. The molecule has 5 rings (SSSR count). The Bertz CT molecular complexity index is 1040. The van der Waals surface area contributed by atoms with Gasteiger partial charge in [-0.2, -0.15) is 0 Å². The number of fused-ring (bicyclic) bond motifs is 1. The molecule has 5 nitrogen and oxygen atoms in total. The average molecular weight is 370 g/mol. The van der Waals surface area contributed by atoms with Crippen molar-refractivity contribution < 1.29 is 14.3 Å². The number of pyridine rings is 1. The van der Waals surface area contributed by atoms with Gasteiger partial charge in [-0.1, -0.05) is 47.6 Å². The van der Waals surface area contributed by atoms with Crippen molar-refractivity contribution in [3.8, 4) is 17.2 Å². The molecule has 0 saturated carbocycles. The van der Waals surface area contributed by atoms with Gasteiger partial charge in [-0.3, -0.25) is 4.98 Å². The van der Waals surface area contributed by atoms with Gasteiger partial charge in [0.05, 0.1) is 18.3 Å². The van der Waals surface area contributed by atoms with Crippen LogP contribution in [0.3, 0.4) is 0 Å². The fourth-order valence-electron chi connectivity index (χ4n) is 3.26. The standard InChI is InChI=1S/C23H18N2O3/c1-2-6-18(7-3-1)26-19-11-9-16(10-12-19)22-14-23(25-28-22)27-20-13-17-5-4-8-21(17)24-15-20/h1-7,9-13,15,22H,8,14H2/t22-/m1/s1. The lowest BCUT2D eigenvalue weighted by Crippen LogP contribution is -2.08. The summed E-state index contributed by atoms with van der Waals surface area (Å²) in [4.78, 5) is 9.99. The van der Waals surface area contributed by atoms with E-state index in [1.54, 1.807) is 6.20 Å². The molecule has 0 N–H and O–H groups in total. The summed E-state index contributed by atoms with van der Waals surface area (Å²) in [7, 11) is 0. The summed E-state index contributed by atoms with van der Waals surface area (Å²) in [6.07, 6.45) is 7.18. The van der Waals surface area contributed by atoms with Crippen LogP contribution >= 0.6 is 0 Å². The molecule has 2 aromatic carbocycles. The zero-order chi connectivity index (χ0) is 18.8. The van der Waals surface area contributed by atoms with E-state index in [-0.39, 0.29) is 6.10 Å². The summed E-state index contributed by atoms with van der Waals surface area (Å²) in [5.74, 6) is 2.82. The predicted octanol–water partition coefficient (Wildman–Crippen LogP) is 5.30. The molecule has 1 aromatic heterocycles. The van der Waals surface area contributed by atoms with Crippen molar-refractivity contribution in [3.05, 3.63) is 89.8 Å². The number of ether oxygens (including phenoxy) is 2. The molecule has 28 heavy (non-hydrogen) atoms. The minimum Gasteiger partial charge on any atom is -0.457 e. The Morgan fingerprint density at radius 1 is 0.893 bits per heavy atom. The van der Waals surface area contributed by atoms with E-state index in [1.165, 1.54) is 0 Å². The monoisotopic (exact) mass is 370 g/mol. The molecular formula is C23H18N2O3. The molecular weight excluding hydrogens is 352 g/mol. The molecule has 2 heterocycles. The molecule has 2 aliphatic rings. The molecule has 1 atom stereocenters. The predicted molar refractivity (Wildman–Crippen MR) is 106 cm³/mol. The molecule has 0 bridgehead atoms. The smallest absolute Gasteiger partial charge is 0.235 e. The molecule has 0 fully saturated rings. The van der Waals surface area contributed by atoms with Crippen molar-refractivity contribution in [3.63, 3.8) is 0 Å². The summed E-state index contributed by atoms with van der Waals surface area (Å²) >= 11 is 0. The second-order valence-electron chi connectivity index (χ2n) is 6.68. The number of hydrogen-bond donors (Lipinski definition) is 0. The van der Waals surface area contributed by atoms with Crippen LogP contribution < -0.4 is 9.47 Å². The fourth-order valence-corrected chi connectivity index (χ4v) is 3.26. The second-order valence-corrected chi connectivity index (χ2v) is 6.68. The number of oxime groups is 1. The fraction of sp³-hybridized carbons (Fsp3) is 0.130. The van der Waals surface area contributed by atoms with E-state index in [0.717, 1.165) is 34.7 Å². The quantitative estimate of drug-likeness (QED) is 0.626. The first-order valence-electron chi connectivity index (χ1n) is 9.22. The van der Waals surface area contributed by atoms with Gasteiger partial charge in [-0.25, -0.2) is 0 Å². The van der Waals surface area contributed by atoms with Crippen LogP contribution in [0.4, 0.5) is 0 Å². The van der Waals surface area contributed by atoms with Gasteiger partial charge in [-0.05, 0) is 41.5 Å². The number of aromatic nitrogens is 1. The second kappa shape index (κ2) is 7.19. The Hall–Kier alpha value is -3.60. The zero-order valence-electron chi connectivity index (χ0n) is 15.1. The SMILES string of the molecule is C1=Cc2cc(OC3=NO[C@@H](c4ccc(Oc5ccccc5)cc4)C3)cnc2C1. The lowest BCUT2D eigenvalue weighted by Gasteiger charge is -2.10. The van der Waals surface area contributed by atoms with Crippen molar-refractivity contribution in [1.29, 1.82) is 0 Å². The van der Waals surface area contributed by atoms with E-state index in [1.807, 2.05) is 60.7 Å². The summed E-state index contributed by atoms with van der Waals surface area (Å²) < 4.78 is 11.7. The van der Waals surface area contributed by atoms with Gasteiger partial charge >= 0.3 is 0 Å². The van der Waals surface area contributed by atoms with E-state index in [0.29, 0.717) is 18.1 Å². The summed E-state index contributed by atoms with van der Waals surface area (Å²) in [6, 6.07) is 19.5. The summed E-state index contributed by atoms with van der Waals surface area (Å²) in [5.41, 5.74) is 3.20. The van der Waals surface area contributed by atoms with E-state index < -0.39 is 0 Å². The molecule has 0 amide bonds. The molecule has 138 valence electrons. The normalized spacial score (nSPS) is 17.0. The summed E-state index contributed by atoms with van der Waals surface area (Å²) in [5, 5.41) is 4.09. The van der Waals surface area contributed by atoms with Crippen LogP contribution in [-0.4, -0.2) is 10.9 Å². The van der Waals surface area contributed by atoms with Gasteiger partial charge in [0.15, 0.2) is 6.10 Å². The van der Waals surface area contributed by atoms with Crippen LogP contribution in [0, 0.1) is 0 Å². The third-order valence-electron chi connectivity index (χ3n) is 4.70. The number of benzene rings is 2. The first kappa shape index (κ1) is 16.6. The Morgan fingerprint density at radius 2 is 1.71 bits per heavy atom. The Kier molecular flexibility index (Phi) is 4.26. The Balaban J connectivity index is 1.21. The number of rotatable bonds is 4. The van der Waals surface area contributed by atoms with Gasteiger partial charge in [0.2, 0.25) is 5.90 Å². The highest BCUT2D eigenvalue weighted by Crippen LogP contribution is 2.31. The minimum atomic E-state index is -0.164. The highest BCUT2D eigenvalue weighted by atomic mass is 16.7. The third-order valence-corrected chi connectivity index (χ3v) is 4.70. The van der Waals surface area contributed by atoms with Crippen molar-refractivity contribution in [2.24, 2.45) is 5.16 Å². The van der Waals surface area contributed by atoms with Crippen LogP contribution in [0.25, 0.3) is 6.08 Å². The van der Waals surface area contributed by atoms with E-state index in [4.69, 9.17) is 14.3 Å². The first-order chi connectivity index (χ1) is 13.8.